The van der Waals surface area contributed by atoms with Crippen LogP contribution in [0.2, 0.25) is 0 Å². The average molecular weight is 391 g/mol. The molecule has 8 heteroatoms. The zero-order valence-electron chi connectivity index (χ0n) is 16.6. The van der Waals surface area contributed by atoms with Crippen LogP contribution in [0.25, 0.3) is 22.1 Å². The molecule has 8 nitrogen and oxygen atoms in total. The quantitative estimate of drug-likeness (QED) is 0.737. The molecule has 29 heavy (non-hydrogen) atoms. The number of nitriles is 1. The molecule has 0 spiro atoms. The number of nitrogens with zero attached hydrogens (tertiary/aromatic N) is 6. The highest BCUT2D eigenvalue weighted by atomic mass is 16.2. The number of aromatic amines is 1. The minimum absolute atomic E-state index is 0.116. The fraction of sp³-hybridized carbons (Fsp3) is 0.524. The molecule has 1 atom stereocenters. The number of hydrogen-bond donors (Lipinski definition) is 1. The van der Waals surface area contributed by atoms with Gasteiger partial charge >= 0.3 is 0 Å². The first-order valence-electron chi connectivity index (χ1n) is 10.3. The first-order valence-corrected chi connectivity index (χ1v) is 10.3. The molecule has 1 N–H and O–H groups in total. The van der Waals surface area contributed by atoms with E-state index in [1.54, 1.807) is 0 Å². The van der Waals surface area contributed by atoms with Crippen LogP contribution in [0.5, 0.6) is 0 Å². The van der Waals surface area contributed by atoms with E-state index in [9.17, 15) is 4.79 Å². The summed E-state index contributed by atoms with van der Waals surface area (Å²) < 4.78 is 2.41. The van der Waals surface area contributed by atoms with Crippen molar-refractivity contribution >= 4 is 28.0 Å². The highest BCUT2D eigenvalue weighted by Gasteiger charge is 2.34. The largest absolute Gasteiger partial charge is 0.346 e. The molecule has 0 aliphatic carbocycles. The van der Waals surface area contributed by atoms with E-state index in [-0.39, 0.29) is 11.8 Å². The number of aromatic nitrogens is 4. The van der Waals surface area contributed by atoms with Crippen molar-refractivity contribution in [2.24, 2.45) is 0 Å². The smallest absolute Gasteiger partial charge is 0.223 e. The maximum Gasteiger partial charge on any atom is 0.223 e. The van der Waals surface area contributed by atoms with Gasteiger partial charge in [0.1, 0.15) is 17.0 Å². The molecule has 5 heterocycles. The topological polar surface area (TPSA) is 93.8 Å². The van der Waals surface area contributed by atoms with Crippen LogP contribution >= 0.6 is 0 Å². The predicted octanol–water partition coefficient (Wildman–Crippen LogP) is 2.41. The summed E-state index contributed by atoms with van der Waals surface area (Å²) in [4.78, 5) is 29.1. The van der Waals surface area contributed by atoms with Crippen molar-refractivity contribution in [2.45, 2.75) is 37.6 Å². The summed E-state index contributed by atoms with van der Waals surface area (Å²) >= 11 is 0. The van der Waals surface area contributed by atoms with Gasteiger partial charge in [-0.3, -0.25) is 4.79 Å². The number of likely N-dealkylation sites (N-methyl/N-ethyl adjacent to an activating group) is 1. The van der Waals surface area contributed by atoms with E-state index in [0.29, 0.717) is 25.4 Å². The number of carbonyl (C=O) groups is 1. The molecule has 2 saturated heterocycles. The molecule has 0 aromatic carbocycles. The summed E-state index contributed by atoms with van der Waals surface area (Å²) in [7, 11) is 1.87. The van der Waals surface area contributed by atoms with E-state index in [0.717, 1.165) is 60.4 Å². The van der Waals surface area contributed by atoms with Crippen LogP contribution in [0.15, 0.2) is 18.5 Å². The first kappa shape index (κ1) is 18.1. The number of amides is 1. The number of fused-ring (bicyclic) bond motifs is 3. The van der Waals surface area contributed by atoms with Gasteiger partial charge in [-0.25, -0.2) is 9.97 Å². The van der Waals surface area contributed by atoms with Gasteiger partial charge in [-0.15, -0.1) is 0 Å². The molecule has 2 fully saturated rings. The Morgan fingerprint density at radius 1 is 1.34 bits per heavy atom. The van der Waals surface area contributed by atoms with Gasteiger partial charge in [-0.05, 0) is 18.9 Å². The SMILES string of the molecule is CN1CC(c2nc3cnc4[nH]ccc4c3n2C2CCN(CCC#N)CC2)CC1=O. The zero-order chi connectivity index (χ0) is 20.0. The Kier molecular flexibility index (Phi) is 4.47. The van der Waals surface area contributed by atoms with Gasteiger partial charge in [0.25, 0.3) is 0 Å². The monoisotopic (exact) mass is 391 g/mol. The Labute approximate surface area is 169 Å². The van der Waals surface area contributed by atoms with Crippen LogP contribution in [-0.4, -0.2) is 68.5 Å². The standard InChI is InChI=1S/C21H25N7O/c1-26-13-14(11-18(26)29)21-25-17-12-24-20-16(3-7-23-20)19(17)28(21)15-4-9-27(10-5-15)8-2-6-22/h3,7,12,14-15H,2,4-5,8-11,13H2,1H3,(H,23,24). The number of piperidine rings is 1. The van der Waals surface area contributed by atoms with Gasteiger partial charge in [0.15, 0.2) is 0 Å². The van der Waals surface area contributed by atoms with Gasteiger partial charge in [-0.1, -0.05) is 0 Å². The number of hydrogen-bond acceptors (Lipinski definition) is 5. The summed E-state index contributed by atoms with van der Waals surface area (Å²) in [6, 6.07) is 4.66. The molecule has 0 radical (unpaired) electrons. The number of likely N-dealkylation sites (tertiary alicyclic amines) is 2. The Morgan fingerprint density at radius 3 is 2.90 bits per heavy atom. The number of H-pyrrole nitrogens is 1. The third-order valence-electron chi connectivity index (χ3n) is 6.43. The van der Waals surface area contributed by atoms with Crippen molar-refractivity contribution < 1.29 is 4.79 Å². The fourth-order valence-electron chi connectivity index (χ4n) is 4.91. The van der Waals surface area contributed by atoms with E-state index in [2.05, 4.69) is 31.6 Å². The highest BCUT2D eigenvalue weighted by molar-refractivity contribution is 6.01. The average Bonchev–Trinajstić information content (AvgIpc) is 3.43. The summed E-state index contributed by atoms with van der Waals surface area (Å²) in [5.41, 5.74) is 2.90. The summed E-state index contributed by atoms with van der Waals surface area (Å²) in [5, 5.41) is 9.96. The van der Waals surface area contributed by atoms with Crippen LogP contribution in [0.4, 0.5) is 0 Å². The van der Waals surface area contributed by atoms with E-state index >= 15 is 0 Å². The van der Waals surface area contributed by atoms with Crippen LogP contribution in [0.1, 0.15) is 43.5 Å². The van der Waals surface area contributed by atoms with Gasteiger partial charge in [0.2, 0.25) is 5.91 Å². The van der Waals surface area contributed by atoms with Gasteiger partial charge < -0.3 is 19.4 Å². The second-order valence-electron chi connectivity index (χ2n) is 8.23. The molecule has 0 saturated carbocycles. The third-order valence-corrected chi connectivity index (χ3v) is 6.43. The van der Waals surface area contributed by atoms with E-state index < -0.39 is 0 Å². The van der Waals surface area contributed by atoms with Crippen molar-refractivity contribution in [2.75, 3.05) is 33.2 Å². The summed E-state index contributed by atoms with van der Waals surface area (Å²) in [6.45, 7) is 3.52. The number of rotatable bonds is 4. The van der Waals surface area contributed by atoms with Gasteiger partial charge in [0.05, 0.1) is 17.8 Å². The number of imidazole rings is 1. The number of pyridine rings is 1. The molecule has 150 valence electrons. The zero-order valence-corrected chi connectivity index (χ0v) is 16.6. The van der Waals surface area contributed by atoms with Crippen LogP contribution < -0.4 is 0 Å². The van der Waals surface area contributed by atoms with E-state index in [1.165, 1.54) is 0 Å². The highest BCUT2D eigenvalue weighted by Crippen LogP contribution is 2.37. The number of nitrogens with one attached hydrogen (secondary N) is 1. The first-order chi connectivity index (χ1) is 14.2. The second-order valence-corrected chi connectivity index (χ2v) is 8.23. The van der Waals surface area contributed by atoms with Gasteiger partial charge in [-0.2, -0.15) is 5.26 Å². The van der Waals surface area contributed by atoms with Crippen LogP contribution in [0, 0.1) is 11.3 Å². The minimum Gasteiger partial charge on any atom is -0.346 e. The third kappa shape index (κ3) is 3.06. The maximum absolute atomic E-state index is 12.2. The Morgan fingerprint density at radius 2 is 2.17 bits per heavy atom. The molecule has 3 aromatic heterocycles. The lowest BCUT2D eigenvalue weighted by molar-refractivity contribution is -0.126. The second kappa shape index (κ2) is 7.16. The molecule has 3 aromatic rings. The van der Waals surface area contributed by atoms with Crippen LogP contribution in [-0.2, 0) is 4.79 Å². The molecule has 2 aliphatic heterocycles. The number of carbonyl (C=O) groups excluding carboxylic acids is 1. The summed E-state index contributed by atoms with van der Waals surface area (Å²) in [6.07, 6.45) is 6.91. The lowest BCUT2D eigenvalue weighted by Gasteiger charge is -2.33. The van der Waals surface area contributed by atoms with Crippen molar-refractivity contribution in [3.05, 3.63) is 24.3 Å². The predicted molar refractivity (Wildman–Crippen MR) is 109 cm³/mol. The minimum atomic E-state index is 0.116. The van der Waals surface area contributed by atoms with Crippen LogP contribution in [0.3, 0.4) is 0 Å². The molecule has 2 aliphatic rings. The summed E-state index contributed by atoms with van der Waals surface area (Å²) in [5.74, 6) is 1.32. The Hall–Kier alpha value is -2.92. The van der Waals surface area contributed by atoms with E-state index in [4.69, 9.17) is 10.2 Å². The van der Waals surface area contributed by atoms with Crippen molar-refractivity contribution in [1.29, 1.82) is 5.26 Å². The maximum atomic E-state index is 12.2. The molecule has 5 rings (SSSR count). The molecular formula is C21H25N7O. The van der Waals surface area contributed by atoms with Crippen molar-refractivity contribution in [3.63, 3.8) is 0 Å². The molecule has 1 unspecified atom stereocenters. The lowest BCUT2D eigenvalue weighted by atomic mass is 10.0. The molecule has 1 amide bonds. The molecular weight excluding hydrogens is 366 g/mol. The van der Waals surface area contributed by atoms with Crippen molar-refractivity contribution in [1.82, 2.24) is 29.3 Å². The Bertz CT molecular complexity index is 1100. The van der Waals surface area contributed by atoms with Crippen molar-refractivity contribution in [3.8, 4) is 6.07 Å². The lowest BCUT2D eigenvalue weighted by Crippen LogP contribution is -2.35. The normalized spacial score (nSPS) is 21.4. The van der Waals surface area contributed by atoms with Gasteiger partial charge in [0, 0.05) is 69.6 Å². The van der Waals surface area contributed by atoms with E-state index in [1.807, 2.05) is 24.3 Å². The fourth-order valence-corrected chi connectivity index (χ4v) is 4.91. The Balaban J connectivity index is 1.57. The molecule has 0 bridgehead atoms.